The Morgan fingerprint density at radius 2 is 2.12 bits per heavy atom. The van der Waals surface area contributed by atoms with E-state index in [1.165, 1.54) is 11.3 Å². The first-order valence-corrected chi connectivity index (χ1v) is 9.32. The highest BCUT2D eigenvalue weighted by Gasteiger charge is 2.31. The van der Waals surface area contributed by atoms with E-state index in [0.29, 0.717) is 29.0 Å². The van der Waals surface area contributed by atoms with Crippen LogP contribution in [0, 0.1) is 0 Å². The third-order valence-corrected chi connectivity index (χ3v) is 5.44. The molecule has 3 aromatic rings. The molecule has 0 saturated heterocycles. The van der Waals surface area contributed by atoms with Crippen LogP contribution >= 0.6 is 22.9 Å². The molecule has 1 aliphatic heterocycles. The van der Waals surface area contributed by atoms with Crippen molar-refractivity contribution in [3.63, 3.8) is 0 Å². The normalized spacial score (nSPS) is 16.0. The number of para-hydroxylation sites is 1. The molecule has 1 amide bonds. The van der Waals surface area contributed by atoms with Gasteiger partial charge in [-0.15, -0.1) is 0 Å². The number of aromatic nitrogens is 1. The van der Waals surface area contributed by atoms with Crippen molar-refractivity contribution in [2.24, 2.45) is 0 Å². The van der Waals surface area contributed by atoms with Gasteiger partial charge in [0.2, 0.25) is 5.91 Å². The van der Waals surface area contributed by atoms with Crippen molar-refractivity contribution in [3.8, 4) is 5.75 Å². The van der Waals surface area contributed by atoms with Crippen molar-refractivity contribution >= 4 is 39.8 Å². The third kappa shape index (κ3) is 3.38. The summed E-state index contributed by atoms with van der Waals surface area (Å²) in [5.41, 5.74) is 7.78. The molecule has 3 N–H and O–H groups in total. The van der Waals surface area contributed by atoms with Gasteiger partial charge in [0.15, 0.2) is 5.13 Å². The summed E-state index contributed by atoms with van der Waals surface area (Å²) in [7, 11) is 0. The predicted octanol–water partition coefficient (Wildman–Crippen LogP) is 4.43. The molecule has 0 aliphatic carbocycles. The van der Waals surface area contributed by atoms with E-state index in [1.54, 1.807) is 0 Å². The number of halogens is 1. The van der Waals surface area contributed by atoms with Gasteiger partial charge in [-0.2, -0.15) is 0 Å². The zero-order valence-corrected chi connectivity index (χ0v) is 15.3. The molecule has 2 aromatic carbocycles. The number of nitrogens with zero attached hydrogens (tertiary/aromatic N) is 1. The van der Waals surface area contributed by atoms with Crippen molar-refractivity contribution in [1.82, 2.24) is 4.98 Å². The Bertz CT molecular complexity index is 973. The lowest BCUT2D eigenvalue weighted by Gasteiger charge is -2.23. The highest BCUT2D eigenvalue weighted by Crippen LogP contribution is 2.44. The minimum atomic E-state index is -0.121. The topological polar surface area (TPSA) is 77.2 Å². The van der Waals surface area contributed by atoms with E-state index in [-0.39, 0.29) is 11.8 Å². The molecule has 132 valence electrons. The predicted molar refractivity (Wildman–Crippen MR) is 104 cm³/mol. The minimum Gasteiger partial charge on any atom is -0.489 e. The molecule has 0 radical (unpaired) electrons. The van der Waals surface area contributed by atoms with E-state index < -0.39 is 0 Å². The van der Waals surface area contributed by atoms with Crippen molar-refractivity contribution in [1.29, 1.82) is 0 Å². The number of fused-ring (bicyclic) bond motifs is 1. The first-order valence-electron chi connectivity index (χ1n) is 8.12. The lowest BCUT2D eigenvalue weighted by molar-refractivity contribution is -0.116. The first-order chi connectivity index (χ1) is 12.6. The summed E-state index contributed by atoms with van der Waals surface area (Å²) in [6, 6.07) is 15.3. The molecule has 0 saturated carbocycles. The maximum Gasteiger partial charge on any atom is 0.226 e. The summed E-state index contributed by atoms with van der Waals surface area (Å²) >= 11 is 7.44. The fourth-order valence-corrected chi connectivity index (χ4v) is 4.20. The highest BCUT2D eigenvalue weighted by molar-refractivity contribution is 7.16. The standard InChI is InChI=1S/C19H16ClN3O2S/c20-12-5-3-4-11(8-12)10-25-15-7-2-1-6-13(15)14-9-16(24)22-18-17(14)26-19(21)23-18/h1-8,14H,9-10H2,(H2,21,23)(H,22,24)/t14-/m0/s1. The maximum atomic E-state index is 12.1. The van der Waals surface area contributed by atoms with Gasteiger partial charge in [-0.05, 0) is 23.8 Å². The third-order valence-electron chi connectivity index (χ3n) is 4.21. The van der Waals surface area contributed by atoms with Gasteiger partial charge in [-0.3, -0.25) is 4.79 Å². The molecule has 1 aliphatic rings. The van der Waals surface area contributed by atoms with Crippen molar-refractivity contribution in [2.45, 2.75) is 18.9 Å². The number of benzene rings is 2. The highest BCUT2D eigenvalue weighted by atomic mass is 35.5. The van der Waals surface area contributed by atoms with Crippen LogP contribution in [0.25, 0.3) is 0 Å². The largest absolute Gasteiger partial charge is 0.489 e. The molecule has 1 atom stereocenters. The van der Waals surface area contributed by atoms with Crippen molar-refractivity contribution in [3.05, 3.63) is 69.6 Å². The monoisotopic (exact) mass is 385 g/mol. The lowest BCUT2D eigenvalue weighted by atomic mass is 9.91. The van der Waals surface area contributed by atoms with Crippen LogP contribution in [-0.2, 0) is 11.4 Å². The van der Waals surface area contributed by atoms with Crippen LogP contribution in [0.3, 0.4) is 0 Å². The minimum absolute atomic E-state index is 0.0718. The second kappa shape index (κ2) is 6.97. The van der Waals surface area contributed by atoms with Gasteiger partial charge in [0.05, 0.1) is 4.88 Å². The number of nitrogen functional groups attached to an aromatic ring is 1. The van der Waals surface area contributed by atoms with Gasteiger partial charge < -0.3 is 15.8 Å². The molecule has 1 aromatic heterocycles. The van der Waals surface area contributed by atoms with Gasteiger partial charge >= 0.3 is 0 Å². The van der Waals surface area contributed by atoms with E-state index >= 15 is 0 Å². The second-order valence-corrected chi connectivity index (χ2v) is 7.52. The van der Waals surface area contributed by atoms with Crippen LogP contribution in [0.4, 0.5) is 10.9 Å². The van der Waals surface area contributed by atoms with Crippen LogP contribution in [0.15, 0.2) is 48.5 Å². The van der Waals surface area contributed by atoms with E-state index in [4.69, 9.17) is 22.1 Å². The average Bonchev–Trinajstić information content (AvgIpc) is 2.99. The maximum absolute atomic E-state index is 12.1. The molecule has 7 heteroatoms. The molecule has 26 heavy (non-hydrogen) atoms. The van der Waals surface area contributed by atoms with Crippen LogP contribution < -0.4 is 15.8 Å². The fourth-order valence-electron chi connectivity index (χ4n) is 3.07. The molecule has 0 fully saturated rings. The van der Waals surface area contributed by atoms with Crippen LogP contribution in [0.1, 0.15) is 28.3 Å². The summed E-state index contributed by atoms with van der Waals surface area (Å²) < 4.78 is 6.05. The molecular weight excluding hydrogens is 370 g/mol. The van der Waals surface area contributed by atoms with Crippen LogP contribution in [0.2, 0.25) is 5.02 Å². The quantitative estimate of drug-likeness (QED) is 0.696. The molecule has 5 nitrogen and oxygen atoms in total. The Hall–Kier alpha value is -2.57. The van der Waals surface area contributed by atoms with Crippen molar-refractivity contribution in [2.75, 3.05) is 11.1 Å². The number of hydrogen-bond acceptors (Lipinski definition) is 5. The van der Waals surface area contributed by atoms with Crippen LogP contribution in [-0.4, -0.2) is 10.9 Å². The van der Waals surface area contributed by atoms with E-state index in [2.05, 4.69) is 10.3 Å². The van der Waals surface area contributed by atoms with E-state index in [0.717, 1.165) is 21.8 Å². The molecule has 0 spiro atoms. The zero-order chi connectivity index (χ0) is 18.1. The number of carbonyl (C=O) groups is 1. The number of carbonyl (C=O) groups excluding carboxylic acids is 1. The summed E-state index contributed by atoms with van der Waals surface area (Å²) in [6.07, 6.45) is 0.339. The van der Waals surface area contributed by atoms with E-state index in [1.807, 2.05) is 48.5 Å². The van der Waals surface area contributed by atoms with Gasteiger partial charge in [-0.1, -0.05) is 53.3 Å². The second-order valence-electron chi connectivity index (χ2n) is 6.03. The summed E-state index contributed by atoms with van der Waals surface area (Å²) in [4.78, 5) is 17.3. The number of anilines is 2. The molecule has 0 bridgehead atoms. The Labute approximate surface area is 159 Å². The van der Waals surface area contributed by atoms with Gasteiger partial charge in [0.1, 0.15) is 18.2 Å². The number of ether oxygens (including phenoxy) is 1. The molecule has 0 unspecified atom stereocenters. The summed E-state index contributed by atoms with van der Waals surface area (Å²) in [6.45, 7) is 0.397. The summed E-state index contributed by atoms with van der Waals surface area (Å²) in [5.74, 6) is 1.10. The molecule has 2 heterocycles. The number of thiazole rings is 1. The smallest absolute Gasteiger partial charge is 0.226 e. The Kier molecular flexibility index (Phi) is 4.53. The van der Waals surface area contributed by atoms with Crippen LogP contribution in [0.5, 0.6) is 5.75 Å². The Morgan fingerprint density at radius 3 is 2.96 bits per heavy atom. The number of nitrogens with two attached hydrogens (primary N) is 1. The van der Waals surface area contributed by atoms with Gasteiger partial charge in [0, 0.05) is 22.9 Å². The number of rotatable bonds is 4. The number of nitrogens with one attached hydrogen (secondary N) is 1. The molecule has 4 rings (SSSR count). The summed E-state index contributed by atoms with van der Waals surface area (Å²) in [5, 5.41) is 3.91. The number of hydrogen-bond donors (Lipinski definition) is 2. The van der Waals surface area contributed by atoms with Crippen molar-refractivity contribution < 1.29 is 9.53 Å². The lowest BCUT2D eigenvalue weighted by Crippen LogP contribution is -2.23. The van der Waals surface area contributed by atoms with Gasteiger partial charge in [-0.25, -0.2) is 4.98 Å². The zero-order valence-electron chi connectivity index (χ0n) is 13.7. The Balaban J connectivity index is 1.65. The molecular formula is C19H16ClN3O2S. The number of amides is 1. The SMILES string of the molecule is Nc1nc2c(s1)[C@H](c1ccccc1OCc1cccc(Cl)c1)CC(=O)N2. The fraction of sp³-hybridized carbons (Fsp3) is 0.158. The first kappa shape index (κ1) is 16.9. The average molecular weight is 386 g/mol. The van der Waals surface area contributed by atoms with Gasteiger partial charge in [0.25, 0.3) is 0 Å². The Morgan fingerprint density at radius 1 is 1.27 bits per heavy atom. The van der Waals surface area contributed by atoms with E-state index in [9.17, 15) is 4.79 Å².